The summed E-state index contributed by atoms with van der Waals surface area (Å²) in [5.74, 6) is -0.299. The van der Waals surface area contributed by atoms with Gasteiger partial charge in [0.2, 0.25) is 0 Å². The van der Waals surface area contributed by atoms with Gasteiger partial charge in [-0.2, -0.15) is 5.10 Å². The molecule has 0 aliphatic rings. The van der Waals surface area contributed by atoms with Crippen molar-refractivity contribution in [1.29, 1.82) is 0 Å². The summed E-state index contributed by atoms with van der Waals surface area (Å²) in [6.45, 7) is 0. The smallest absolute Gasteiger partial charge is 0.267 e. The molecule has 102 valence electrons. The molecule has 3 nitrogen and oxygen atoms in total. The van der Waals surface area contributed by atoms with E-state index in [0.717, 1.165) is 12.8 Å². The molecule has 0 saturated heterocycles. The molecule has 0 atom stereocenters. The van der Waals surface area contributed by atoms with Crippen molar-refractivity contribution < 1.29 is 4.79 Å². The maximum Gasteiger partial charge on any atom is 0.272 e. The van der Waals surface area contributed by atoms with Crippen LogP contribution in [0.5, 0.6) is 0 Å². The van der Waals surface area contributed by atoms with E-state index in [9.17, 15) is 4.79 Å². The van der Waals surface area contributed by atoms with Crippen LogP contribution in [0.2, 0.25) is 5.02 Å². The Morgan fingerprint density at radius 3 is 2.55 bits per heavy atom. The molecule has 2 aromatic rings. The van der Waals surface area contributed by atoms with Crippen LogP contribution in [0, 0.1) is 0 Å². The lowest BCUT2D eigenvalue weighted by Gasteiger charge is -2.01. The summed E-state index contributed by atoms with van der Waals surface area (Å²) < 4.78 is 0. The molecular formula is C16H15ClN2O. The van der Waals surface area contributed by atoms with E-state index in [1.165, 1.54) is 5.56 Å². The third-order valence-electron chi connectivity index (χ3n) is 2.78. The van der Waals surface area contributed by atoms with E-state index in [2.05, 4.69) is 22.7 Å². The van der Waals surface area contributed by atoms with Gasteiger partial charge in [0.25, 0.3) is 5.91 Å². The number of carbonyl (C=O) groups is 1. The van der Waals surface area contributed by atoms with Gasteiger partial charge in [0.15, 0.2) is 0 Å². The number of benzene rings is 2. The Hall–Kier alpha value is -2.13. The monoisotopic (exact) mass is 286 g/mol. The van der Waals surface area contributed by atoms with Crippen molar-refractivity contribution in [3.8, 4) is 0 Å². The van der Waals surface area contributed by atoms with Gasteiger partial charge in [-0.1, -0.05) is 54.1 Å². The lowest BCUT2D eigenvalue weighted by Crippen LogP contribution is -2.17. The number of nitrogens with one attached hydrogen (secondary N) is 1. The van der Waals surface area contributed by atoms with Crippen LogP contribution >= 0.6 is 11.6 Å². The molecule has 0 heterocycles. The van der Waals surface area contributed by atoms with Gasteiger partial charge in [-0.3, -0.25) is 4.79 Å². The van der Waals surface area contributed by atoms with Gasteiger partial charge in [-0.25, -0.2) is 5.43 Å². The van der Waals surface area contributed by atoms with E-state index in [0.29, 0.717) is 10.6 Å². The summed E-state index contributed by atoms with van der Waals surface area (Å²) in [4.78, 5) is 11.8. The molecule has 0 spiro atoms. The first kappa shape index (κ1) is 14.3. The first-order valence-electron chi connectivity index (χ1n) is 6.37. The first-order valence-corrected chi connectivity index (χ1v) is 6.75. The molecule has 1 amide bonds. The second-order valence-electron chi connectivity index (χ2n) is 4.26. The fraction of sp³-hybridized carbons (Fsp3) is 0.125. The highest BCUT2D eigenvalue weighted by molar-refractivity contribution is 6.33. The van der Waals surface area contributed by atoms with E-state index in [-0.39, 0.29) is 5.91 Å². The molecule has 0 aliphatic heterocycles. The molecule has 0 bridgehead atoms. The van der Waals surface area contributed by atoms with Crippen LogP contribution < -0.4 is 5.43 Å². The highest BCUT2D eigenvalue weighted by atomic mass is 35.5. The van der Waals surface area contributed by atoms with Gasteiger partial charge in [-0.15, -0.1) is 0 Å². The lowest BCUT2D eigenvalue weighted by molar-refractivity contribution is 0.0955. The minimum atomic E-state index is -0.299. The van der Waals surface area contributed by atoms with Crippen LogP contribution in [0.15, 0.2) is 59.7 Å². The zero-order valence-corrected chi connectivity index (χ0v) is 11.7. The van der Waals surface area contributed by atoms with Gasteiger partial charge in [0.1, 0.15) is 0 Å². The number of carbonyl (C=O) groups excluding carboxylic acids is 1. The van der Waals surface area contributed by atoms with Crippen LogP contribution in [-0.4, -0.2) is 12.1 Å². The first-order chi connectivity index (χ1) is 9.77. The standard InChI is InChI=1S/C16H15ClN2O/c17-15-11-5-4-10-14(15)16(20)19-18-12-6-9-13-7-2-1-3-8-13/h1-5,7-8,10-12H,6,9H2,(H,19,20). The van der Waals surface area contributed by atoms with Crippen molar-refractivity contribution in [2.75, 3.05) is 0 Å². The maximum absolute atomic E-state index is 11.8. The summed E-state index contributed by atoms with van der Waals surface area (Å²) >= 11 is 5.93. The minimum absolute atomic E-state index is 0.299. The van der Waals surface area contributed by atoms with Crippen molar-refractivity contribution in [2.24, 2.45) is 5.10 Å². The molecule has 0 radical (unpaired) electrons. The molecule has 1 N–H and O–H groups in total. The van der Waals surface area contributed by atoms with E-state index in [4.69, 9.17) is 11.6 Å². The van der Waals surface area contributed by atoms with Crippen LogP contribution in [0.1, 0.15) is 22.3 Å². The molecule has 0 fully saturated rings. The second kappa shape index (κ2) is 7.46. The number of halogens is 1. The predicted octanol–water partition coefficient (Wildman–Crippen LogP) is 3.69. The SMILES string of the molecule is O=C(NN=CCCc1ccccc1)c1ccccc1Cl. The number of rotatable bonds is 5. The fourth-order valence-corrected chi connectivity index (χ4v) is 1.97. The molecular weight excluding hydrogens is 272 g/mol. The number of hydrazone groups is 1. The zero-order valence-electron chi connectivity index (χ0n) is 10.9. The van der Waals surface area contributed by atoms with Crippen molar-refractivity contribution in [1.82, 2.24) is 5.43 Å². The third kappa shape index (κ3) is 4.21. The Morgan fingerprint density at radius 1 is 1.10 bits per heavy atom. The number of hydrogen-bond acceptors (Lipinski definition) is 2. The summed E-state index contributed by atoms with van der Waals surface area (Å²) in [7, 11) is 0. The van der Waals surface area contributed by atoms with Crippen molar-refractivity contribution >= 4 is 23.7 Å². The summed E-state index contributed by atoms with van der Waals surface area (Å²) in [5, 5.41) is 4.34. The fourth-order valence-electron chi connectivity index (χ4n) is 1.75. The van der Waals surface area contributed by atoms with Gasteiger partial charge >= 0.3 is 0 Å². The highest BCUT2D eigenvalue weighted by Gasteiger charge is 2.07. The Balaban J connectivity index is 1.79. The minimum Gasteiger partial charge on any atom is -0.267 e. The zero-order chi connectivity index (χ0) is 14.2. The normalized spacial score (nSPS) is 10.7. The molecule has 2 aromatic carbocycles. The van der Waals surface area contributed by atoms with Crippen LogP contribution in [0.3, 0.4) is 0 Å². The average Bonchev–Trinajstić information content (AvgIpc) is 2.48. The van der Waals surface area contributed by atoms with Crippen molar-refractivity contribution in [3.05, 3.63) is 70.7 Å². The summed E-state index contributed by atoms with van der Waals surface area (Å²) in [6, 6.07) is 17.0. The summed E-state index contributed by atoms with van der Waals surface area (Å²) in [5.41, 5.74) is 4.14. The molecule has 0 unspecified atom stereocenters. The number of amides is 1. The lowest BCUT2D eigenvalue weighted by atomic mass is 10.1. The number of hydrogen-bond donors (Lipinski definition) is 1. The Bertz CT molecular complexity index is 596. The van der Waals surface area contributed by atoms with E-state index in [1.807, 2.05) is 18.2 Å². The molecule has 0 aromatic heterocycles. The predicted molar refractivity (Wildman–Crippen MR) is 82.2 cm³/mol. The molecule has 20 heavy (non-hydrogen) atoms. The Morgan fingerprint density at radius 2 is 1.80 bits per heavy atom. The highest BCUT2D eigenvalue weighted by Crippen LogP contribution is 2.14. The van der Waals surface area contributed by atoms with Crippen LogP contribution in [0.25, 0.3) is 0 Å². The Labute approximate surface area is 123 Å². The van der Waals surface area contributed by atoms with Gasteiger partial charge in [0.05, 0.1) is 10.6 Å². The van der Waals surface area contributed by atoms with E-state index >= 15 is 0 Å². The quantitative estimate of drug-likeness (QED) is 0.661. The van der Waals surface area contributed by atoms with Gasteiger partial charge < -0.3 is 0 Å². The maximum atomic E-state index is 11.8. The third-order valence-corrected chi connectivity index (χ3v) is 3.11. The van der Waals surface area contributed by atoms with Crippen LogP contribution in [0.4, 0.5) is 0 Å². The summed E-state index contributed by atoms with van der Waals surface area (Å²) in [6.07, 6.45) is 3.36. The topological polar surface area (TPSA) is 41.5 Å². The Kier molecular flexibility index (Phi) is 5.33. The van der Waals surface area contributed by atoms with Crippen molar-refractivity contribution in [2.45, 2.75) is 12.8 Å². The molecule has 0 aliphatic carbocycles. The van der Waals surface area contributed by atoms with Gasteiger partial charge in [-0.05, 0) is 30.5 Å². The second-order valence-corrected chi connectivity index (χ2v) is 4.66. The van der Waals surface area contributed by atoms with Gasteiger partial charge in [0, 0.05) is 6.21 Å². The van der Waals surface area contributed by atoms with E-state index < -0.39 is 0 Å². The van der Waals surface area contributed by atoms with Crippen molar-refractivity contribution in [3.63, 3.8) is 0 Å². The molecule has 2 rings (SSSR count). The number of aryl methyl sites for hydroxylation is 1. The average molecular weight is 287 g/mol. The van der Waals surface area contributed by atoms with E-state index in [1.54, 1.807) is 30.5 Å². The largest absolute Gasteiger partial charge is 0.272 e. The molecule has 0 saturated carbocycles. The van der Waals surface area contributed by atoms with Crippen LogP contribution in [-0.2, 0) is 6.42 Å². The number of nitrogens with zero attached hydrogens (tertiary/aromatic N) is 1. The molecule has 4 heteroatoms.